The summed E-state index contributed by atoms with van der Waals surface area (Å²) in [5.41, 5.74) is 7.05. The summed E-state index contributed by atoms with van der Waals surface area (Å²) in [6.45, 7) is 3.96. The third kappa shape index (κ3) is 4.30. The molecule has 3 aromatic rings. The number of nitrogens with one attached hydrogen (secondary N) is 1. The highest BCUT2D eigenvalue weighted by Crippen LogP contribution is 2.43. The van der Waals surface area contributed by atoms with E-state index in [2.05, 4.69) is 15.6 Å². The van der Waals surface area contributed by atoms with Crippen LogP contribution in [0.15, 0.2) is 53.8 Å². The van der Waals surface area contributed by atoms with Crippen LogP contribution in [0.1, 0.15) is 35.3 Å². The third-order valence-corrected chi connectivity index (χ3v) is 4.86. The summed E-state index contributed by atoms with van der Waals surface area (Å²) in [7, 11) is 1.78. The maximum atomic E-state index is 12.8. The van der Waals surface area contributed by atoms with Gasteiger partial charge in [0.05, 0.1) is 0 Å². The number of oxime groups is 1. The molecule has 0 unspecified atom stereocenters. The average molecular weight is 421 g/mol. The Balaban J connectivity index is 1.65. The summed E-state index contributed by atoms with van der Waals surface area (Å²) in [5, 5.41) is 18.8. The zero-order valence-electron chi connectivity index (χ0n) is 17.4. The molecule has 0 saturated heterocycles. The summed E-state index contributed by atoms with van der Waals surface area (Å²) in [6, 6.07) is 11.9. The molecule has 1 aliphatic heterocycles. The van der Waals surface area contributed by atoms with E-state index in [4.69, 9.17) is 20.4 Å². The zero-order chi connectivity index (χ0) is 22.2. The number of rotatable bonds is 5. The third-order valence-electron chi connectivity index (χ3n) is 4.86. The highest BCUT2D eigenvalue weighted by Gasteiger charge is 2.34. The van der Waals surface area contributed by atoms with Crippen LogP contribution in [0.25, 0.3) is 0 Å². The minimum Gasteiger partial charge on any atom is -0.487 e. The van der Waals surface area contributed by atoms with E-state index in [0.29, 0.717) is 40.6 Å². The quantitative estimate of drug-likeness (QED) is 0.251. The van der Waals surface area contributed by atoms with Crippen LogP contribution in [0.3, 0.4) is 0 Å². The number of ether oxygens (including phenoxy) is 2. The normalized spacial score (nSPS) is 14.6. The monoisotopic (exact) mass is 421 g/mol. The standard InChI is InChI=1S/C22H23N5O4/c1-22(2)12-16-17(30-15-6-4-13(5-7-15)20(23)26-29)10-14(11-18(16)31-22)21(28)24-19-8-9-27(3)25-19/h4-11,29H,12H2,1-3H3,(H2,23,26)(H,24,25,28). The Morgan fingerprint density at radius 1 is 1.26 bits per heavy atom. The molecule has 0 radical (unpaired) electrons. The smallest absolute Gasteiger partial charge is 0.257 e. The van der Waals surface area contributed by atoms with Gasteiger partial charge in [-0.2, -0.15) is 5.10 Å². The van der Waals surface area contributed by atoms with Crippen LogP contribution in [-0.4, -0.2) is 32.3 Å². The number of benzene rings is 2. The Morgan fingerprint density at radius 3 is 2.65 bits per heavy atom. The molecule has 160 valence electrons. The van der Waals surface area contributed by atoms with Crippen molar-refractivity contribution >= 4 is 17.6 Å². The van der Waals surface area contributed by atoms with Crippen molar-refractivity contribution < 1.29 is 19.5 Å². The van der Waals surface area contributed by atoms with Crippen molar-refractivity contribution in [2.75, 3.05) is 5.32 Å². The van der Waals surface area contributed by atoms with E-state index in [1.54, 1.807) is 60.4 Å². The van der Waals surface area contributed by atoms with Crippen molar-refractivity contribution in [3.63, 3.8) is 0 Å². The molecule has 0 atom stereocenters. The van der Waals surface area contributed by atoms with Crippen LogP contribution in [-0.2, 0) is 13.5 Å². The Hall–Kier alpha value is -4.01. The van der Waals surface area contributed by atoms with E-state index in [1.807, 2.05) is 13.8 Å². The van der Waals surface area contributed by atoms with Gasteiger partial charge in [-0.3, -0.25) is 9.48 Å². The topological polar surface area (TPSA) is 124 Å². The van der Waals surface area contributed by atoms with E-state index in [0.717, 1.165) is 5.56 Å². The fraction of sp³-hybridized carbons (Fsp3) is 0.227. The molecule has 0 spiro atoms. The first-order valence-electron chi connectivity index (χ1n) is 9.67. The Kier molecular flexibility index (Phi) is 5.02. The Morgan fingerprint density at radius 2 is 2.00 bits per heavy atom. The first kappa shape index (κ1) is 20.3. The summed E-state index contributed by atoms with van der Waals surface area (Å²) in [4.78, 5) is 12.8. The number of carbonyl (C=O) groups is 1. The van der Waals surface area contributed by atoms with E-state index >= 15 is 0 Å². The molecule has 1 aliphatic rings. The van der Waals surface area contributed by atoms with Crippen molar-refractivity contribution in [1.82, 2.24) is 9.78 Å². The molecule has 0 fully saturated rings. The molecule has 4 rings (SSSR count). The summed E-state index contributed by atoms with van der Waals surface area (Å²) in [6.07, 6.45) is 2.39. The minimum atomic E-state index is -0.410. The largest absolute Gasteiger partial charge is 0.487 e. The molecule has 2 heterocycles. The molecule has 0 saturated carbocycles. The van der Waals surface area contributed by atoms with Gasteiger partial charge in [-0.05, 0) is 50.2 Å². The highest BCUT2D eigenvalue weighted by atomic mass is 16.5. The molecular formula is C22H23N5O4. The molecule has 0 bridgehead atoms. The van der Waals surface area contributed by atoms with Crippen LogP contribution in [0.5, 0.6) is 17.2 Å². The van der Waals surface area contributed by atoms with E-state index < -0.39 is 5.60 Å². The molecule has 4 N–H and O–H groups in total. The fourth-order valence-corrected chi connectivity index (χ4v) is 3.42. The van der Waals surface area contributed by atoms with Crippen LogP contribution >= 0.6 is 0 Å². The Labute approximate surface area is 179 Å². The number of amidine groups is 1. The average Bonchev–Trinajstić information content (AvgIpc) is 3.28. The van der Waals surface area contributed by atoms with Crippen molar-refractivity contribution in [1.29, 1.82) is 0 Å². The van der Waals surface area contributed by atoms with Gasteiger partial charge < -0.3 is 25.7 Å². The van der Waals surface area contributed by atoms with Crippen LogP contribution in [0, 0.1) is 0 Å². The minimum absolute atomic E-state index is 0.00998. The predicted molar refractivity (Wildman–Crippen MR) is 115 cm³/mol. The number of amides is 1. The lowest BCUT2D eigenvalue weighted by molar-refractivity contribution is 0.102. The number of carbonyl (C=O) groups excluding carboxylic acids is 1. The zero-order valence-corrected chi connectivity index (χ0v) is 17.4. The van der Waals surface area contributed by atoms with Gasteiger partial charge in [-0.15, -0.1) is 0 Å². The molecule has 1 amide bonds. The number of nitrogens with two attached hydrogens (primary N) is 1. The number of fused-ring (bicyclic) bond motifs is 1. The van der Waals surface area contributed by atoms with Gasteiger partial charge in [0, 0.05) is 42.4 Å². The fourth-order valence-electron chi connectivity index (χ4n) is 3.42. The molecule has 9 nitrogen and oxygen atoms in total. The number of anilines is 1. The molecule has 0 aliphatic carbocycles. The van der Waals surface area contributed by atoms with Gasteiger partial charge >= 0.3 is 0 Å². The van der Waals surface area contributed by atoms with E-state index in [-0.39, 0.29) is 11.7 Å². The molecule has 9 heteroatoms. The maximum Gasteiger partial charge on any atom is 0.257 e. The molecule has 31 heavy (non-hydrogen) atoms. The van der Waals surface area contributed by atoms with Gasteiger partial charge in [-0.1, -0.05) is 5.16 Å². The number of hydrogen-bond acceptors (Lipinski definition) is 6. The van der Waals surface area contributed by atoms with Gasteiger partial charge in [0.1, 0.15) is 22.8 Å². The predicted octanol–water partition coefficient (Wildman–Crippen LogP) is 3.27. The van der Waals surface area contributed by atoms with E-state index in [9.17, 15) is 4.79 Å². The van der Waals surface area contributed by atoms with Crippen LogP contribution < -0.4 is 20.5 Å². The lowest BCUT2D eigenvalue weighted by Gasteiger charge is -2.16. The van der Waals surface area contributed by atoms with Gasteiger partial charge in [0.2, 0.25) is 0 Å². The molecule has 1 aromatic heterocycles. The lowest BCUT2D eigenvalue weighted by atomic mass is 9.99. The van der Waals surface area contributed by atoms with Crippen molar-refractivity contribution in [3.05, 3.63) is 65.4 Å². The number of nitrogens with zero attached hydrogens (tertiary/aromatic N) is 3. The summed E-state index contributed by atoms with van der Waals surface area (Å²) < 4.78 is 13.8. The number of hydrogen-bond donors (Lipinski definition) is 3. The highest BCUT2D eigenvalue weighted by molar-refractivity contribution is 6.04. The maximum absolute atomic E-state index is 12.8. The second-order valence-electron chi connectivity index (χ2n) is 7.93. The SMILES string of the molecule is Cn1ccc(NC(=O)c2cc(Oc3ccc(/C(N)=N/O)cc3)c3c(c2)OC(C)(C)C3)n1. The second kappa shape index (κ2) is 7.67. The van der Waals surface area contributed by atoms with Crippen molar-refractivity contribution in [2.24, 2.45) is 17.9 Å². The first-order chi connectivity index (χ1) is 14.7. The van der Waals surface area contributed by atoms with Crippen LogP contribution in [0.4, 0.5) is 5.82 Å². The summed E-state index contributed by atoms with van der Waals surface area (Å²) >= 11 is 0. The number of aromatic nitrogens is 2. The molecular weight excluding hydrogens is 398 g/mol. The van der Waals surface area contributed by atoms with Gasteiger partial charge in [0.15, 0.2) is 11.7 Å². The van der Waals surface area contributed by atoms with Crippen LogP contribution in [0.2, 0.25) is 0 Å². The Bertz CT molecular complexity index is 1170. The second-order valence-corrected chi connectivity index (χ2v) is 7.93. The van der Waals surface area contributed by atoms with Crippen molar-refractivity contribution in [3.8, 4) is 17.2 Å². The lowest BCUT2D eigenvalue weighted by Crippen LogP contribution is -2.24. The van der Waals surface area contributed by atoms with Crippen molar-refractivity contribution in [2.45, 2.75) is 25.9 Å². The molecule has 2 aromatic carbocycles. The number of aryl methyl sites for hydroxylation is 1. The summed E-state index contributed by atoms with van der Waals surface area (Å²) in [5.74, 6) is 1.84. The van der Waals surface area contributed by atoms with Gasteiger partial charge in [-0.25, -0.2) is 0 Å². The van der Waals surface area contributed by atoms with Gasteiger partial charge in [0.25, 0.3) is 5.91 Å². The van der Waals surface area contributed by atoms with E-state index in [1.165, 1.54) is 0 Å². The first-order valence-corrected chi connectivity index (χ1v) is 9.67.